The SMILES string of the molecule is C=CCCCCCCOc1ccc(CCC(N)(CO)CO)cc1. The van der Waals surface area contributed by atoms with Crippen LogP contribution in [0.5, 0.6) is 5.75 Å². The Kier molecular flexibility index (Phi) is 9.60. The fourth-order valence-electron chi connectivity index (χ4n) is 2.29. The second-order valence-corrected chi connectivity index (χ2v) is 6.16. The van der Waals surface area contributed by atoms with Crippen LogP contribution < -0.4 is 10.5 Å². The van der Waals surface area contributed by atoms with Gasteiger partial charge in [-0.1, -0.05) is 31.1 Å². The second-order valence-electron chi connectivity index (χ2n) is 6.16. The Morgan fingerprint density at radius 3 is 2.30 bits per heavy atom. The maximum Gasteiger partial charge on any atom is 0.119 e. The van der Waals surface area contributed by atoms with Crippen molar-refractivity contribution in [1.82, 2.24) is 0 Å². The van der Waals surface area contributed by atoms with E-state index in [0.717, 1.165) is 37.2 Å². The number of aliphatic hydroxyl groups excluding tert-OH is 2. The molecule has 0 saturated carbocycles. The van der Waals surface area contributed by atoms with E-state index in [1.165, 1.54) is 19.3 Å². The molecule has 0 amide bonds. The minimum Gasteiger partial charge on any atom is -0.494 e. The first-order valence-corrected chi connectivity index (χ1v) is 8.47. The summed E-state index contributed by atoms with van der Waals surface area (Å²) in [6.07, 6.45) is 9.03. The smallest absolute Gasteiger partial charge is 0.119 e. The predicted octanol–water partition coefficient (Wildman–Crippen LogP) is 2.82. The van der Waals surface area contributed by atoms with Crippen molar-refractivity contribution in [2.45, 2.75) is 50.5 Å². The molecule has 0 aliphatic carbocycles. The average Bonchev–Trinajstić information content (AvgIpc) is 2.60. The highest BCUT2D eigenvalue weighted by Gasteiger charge is 2.22. The van der Waals surface area contributed by atoms with Crippen molar-refractivity contribution < 1.29 is 14.9 Å². The summed E-state index contributed by atoms with van der Waals surface area (Å²) in [6, 6.07) is 7.94. The van der Waals surface area contributed by atoms with Crippen molar-refractivity contribution in [1.29, 1.82) is 0 Å². The van der Waals surface area contributed by atoms with Gasteiger partial charge in [0.25, 0.3) is 0 Å². The first-order valence-electron chi connectivity index (χ1n) is 8.47. The van der Waals surface area contributed by atoms with Crippen molar-refractivity contribution in [2.24, 2.45) is 5.73 Å². The van der Waals surface area contributed by atoms with E-state index in [-0.39, 0.29) is 13.2 Å². The summed E-state index contributed by atoms with van der Waals surface area (Å²) in [5.41, 5.74) is 6.09. The molecular formula is C19H31NO3. The Balaban J connectivity index is 2.24. The molecule has 0 unspecified atom stereocenters. The minimum absolute atomic E-state index is 0.211. The lowest BCUT2D eigenvalue weighted by Crippen LogP contribution is -2.47. The van der Waals surface area contributed by atoms with E-state index in [0.29, 0.717) is 6.42 Å². The minimum atomic E-state index is -0.902. The number of aryl methyl sites for hydroxylation is 1. The molecule has 0 aliphatic rings. The molecule has 1 aromatic carbocycles. The molecule has 0 heterocycles. The van der Waals surface area contributed by atoms with Gasteiger partial charge in [-0.05, 0) is 49.8 Å². The topological polar surface area (TPSA) is 75.7 Å². The van der Waals surface area contributed by atoms with E-state index in [2.05, 4.69) is 6.58 Å². The van der Waals surface area contributed by atoms with Crippen LogP contribution in [0.3, 0.4) is 0 Å². The highest BCUT2D eigenvalue weighted by molar-refractivity contribution is 5.27. The Bertz CT molecular complexity index is 427. The van der Waals surface area contributed by atoms with Crippen LogP contribution in [-0.4, -0.2) is 35.6 Å². The summed E-state index contributed by atoms with van der Waals surface area (Å²) in [5, 5.41) is 18.4. The lowest BCUT2D eigenvalue weighted by molar-refractivity contribution is 0.115. The van der Waals surface area contributed by atoms with Crippen LogP contribution in [0.25, 0.3) is 0 Å². The van der Waals surface area contributed by atoms with E-state index in [4.69, 9.17) is 10.5 Å². The zero-order valence-corrected chi connectivity index (χ0v) is 14.0. The third-order valence-electron chi connectivity index (χ3n) is 4.04. The van der Waals surface area contributed by atoms with Gasteiger partial charge in [-0.2, -0.15) is 0 Å². The number of benzene rings is 1. The monoisotopic (exact) mass is 321 g/mol. The van der Waals surface area contributed by atoms with Gasteiger partial charge in [0, 0.05) is 0 Å². The number of ether oxygens (including phenoxy) is 1. The van der Waals surface area contributed by atoms with Gasteiger partial charge in [-0.3, -0.25) is 0 Å². The molecular weight excluding hydrogens is 290 g/mol. The van der Waals surface area contributed by atoms with Crippen molar-refractivity contribution >= 4 is 0 Å². The zero-order chi connectivity index (χ0) is 17.0. The normalized spacial score (nSPS) is 11.4. The van der Waals surface area contributed by atoms with Crippen LogP contribution in [0.4, 0.5) is 0 Å². The number of rotatable bonds is 13. The summed E-state index contributed by atoms with van der Waals surface area (Å²) in [5.74, 6) is 0.878. The van der Waals surface area contributed by atoms with Gasteiger partial charge in [0.05, 0.1) is 25.4 Å². The Labute approximate surface area is 140 Å². The predicted molar refractivity (Wildman–Crippen MR) is 94.6 cm³/mol. The van der Waals surface area contributed by atoms with E-state index in [1.54, 1.807) is 0 Å². The van der Waals surface area contributed by atoms with Crippen LogP contribution in [0, 0.1) is 0 Å². The zero-order valence-electron chi connectivity index (χ0n) is 14.0. The molecule has 130 valence electrons. The Morgan fingerprint density at radius 1 is 1.04 bits per heavy atom. The molecule has 4 N–H and O–H groups in total. The standard InChI is InChI=1S/C19H31NO3/c1-2-3-4-5-6-7-14-23-18-10-8-17(9-11-18)12-13-19(20,15-21)16-22/h2,8-11,21-22H,1,3-7,12-16,20H2. The maximum atomic E-state index is 9.19. The van der Waals surface area contributed by atoms with Crippen LogP contribution in [-0.2, 0) is 6.42 Å². The van der Waals surface area contributed by atoms with Gasteiger partial charge in [0.15, 0.2) is 0 Å². The lowest BCUT2D eigenvalue weighted by atomic mass is 9.94. The van der Waals surface area contributed by atoms with Crippen LogP contribution in [0.15, 0.2) is 36.9 Å². The van der Waals surface area contributed by atoms with Crippen LogP contribution >= 0.6 is 0 Å². The molecule has 0 bridgehead atoms. The van der Waals surface area contributed by atoms with E-state index < -0.39 is 5.54 Å². The molecule has 0 fully saturated rings. The summed E-state index contributed by atoms with van der Waals surface area (Å²) in [7, 11) is 0. The maximum absolute atomic E-state index is 9.19. The number of unbranched alkanes of at least 4 members (excludes halogenated alkanes) is 4. The van der Waals surface area contributed by atoms with E-state index in [1.807, 2.05) is 30.3 Å². The van der Waals surface area contributed by atoms with Gasteiger partial charge < -0.3 is 20.7 Å². The molecule has 1 aromatic rings. The average molecular weight is 321 g/mol. The molecule has 0 atom stereocenters. The number of aliphatic hydroxyl groups is 2. The number of allylic oxidation sites excluding steroid dienone is 1. The highest BCUT2D eigenvalue weighted by Crippen LogP contribution is 2.16. The van der Waals surface area contributed by atoms with Gasteiger partial charge in [-0.15, -0.1) is 6.58 Å². The second kappa shape index (κ2) is 11.2. The first-order chi connectivity index (χ1) is 11.1. The first kappa shape index (κ1) is 19.7. The number of hydrogen-bond donors (Lipinski definition) is 3. The van der Waals surface area contributed by atoms with E-state index >= 15 is 0 Å². The fraction of sp³-hybridized carbons (Fsp3) is 0.579. The molecule has 0 aromatic heterocycles. The number of hydrogen-bond acceptors (Lipinski definition) is 4. The fourth-order valence-corrected chi connectivity index (χ4v) is 2.29. The quantitative estimate of drug-likeness (QED) is 0.386. The summed E-state index contributed by atoms with van der Waals surface area (Å²) >= 11 is 0. The highest BCUT2D eigenvalue weighted by atomic mass is 16.5. The van der Waals surface area contributed by atoms with Gasteiger partial charge in [0.1, 0.15) is 5.75 Å². The third-order valence-corrected chi connectivity index (χ3v) is 4.04. The summed E-state index contributed by atoms with van der Waals surface area (Å²) in [6.45, 7) is 4.04. The molecule has 23 heavy (non-hydrogen) atoms. The van der Waals surface area contributed by atoms with E-state index in [9.17, 15) is 10.2 Å². The van der Waals surface area contributed by atoms with Crippen LogP contribution in [0.2, 0.25) is 0 Å². The molecule has 0 spiro atoms. The summed E-state index contributed by atoms with van der Waals surface area (Å²) < 4.78 is 5.73. The van der Waals surface area contributed by atoms with Crippen LogP contribution in [0.1, 0.15) is 44.1 Å². The lowest BCUT2D eigenvalue weighted by Gasteiger charge is -2.24. The molecule has 4 nitrogen and oxygen atoms in total. The molecule has 0 saturated heterocycles. The van der Waals surface area contributed by atoms with Crippen molar-refractivity contribution in [3.63, 3.8) is 0 Å². The molecule has 4 heteroatoms. The molecule has 0 aliphatic heterocycles. The molecule has 0 radical (unpaired) electrons. The third kappa shape index (κ3) is 8.16. The summed E-state index contributed by atoms with van der Waals surface area (Å²) in [4.78, 5) is 0. The van der Waals surface area contributed by atoms with Gasteiger partial charge in [-0.25, -0.2) is 0 Å². The van der Waals surface area contributed by atoms with Crippen molar-refractivity contribution in [3.8, 4) is 5.75 Å². The Hall–Kier alpha value is -1.36. The largest absolute Gasteiger partial charge is 0.494 e. The van der Waals surface area contributed by atoms with Crippen molar-refractivity contribution in [3.05, 3.63) is 42.5 Å². The number of nitrogens with two attached hydrogens (primary N) is 1. The Morgan fingerprint density at radius 2 is 1.70 bits per heavy atom. The van der Waals surface area contributed by atoms with Gasteiger partial charge in [0.2, 0.25) is 0 Å². The van der Waals surface area contributed by atoms with Gasteiger partial charge >= 0.3 is 0 Å². The van der Waals surface area contributed by atoms with Crippen molar-refractivity contribution in [2.75, 3.05) is 19.8 Å². The molecule has 1 rings (SSSR count).